The summed E-state index contributed by atoms with van der Waals surface area (Å²) < 4.78 is 25.4. The van der Waals surface area contributed by atoms with Crippen molar-refractivity contribution in [3.8, 4) is 5.75 Å². The summed E-state index contributed by atoms with van der Waals surface area (Å²) in [6, 6.07) is 6.06. The molecule has 120 valence electrons. The second-order valence-corrected chi connectivity index (χ2v) is 5.72. The molecule has 2 rings (SSSR count). The smallest absolute Gasteiger partial charge is 0.190 e. The maximum absolute atomic E-state index is 12.8. The van der Waals surface area contributed by atoms with E-state index in [1.165, 1.54) is 12.1 Å². The van der Waals surface area contributed by atoms with Crippen LogP contribution in [0.1, 0.15) is 12.8 Å². The number of ether oxygens (including phenoxy) is 2. The van der Waals surface area contributed by atoms with E-state index in [0.29, 0.717) is 12.4 Å². The first-order chi connectivity index (χ1) is 10.8. The monoisotopic (exact) mass is 325 g/mol. The van der Waals surface area contributed by atoms with Gasteiger partial charge in [-0.2, -0.15) is 0 Å². The minimum atomic E-state index is -0.254. The molecule has 1 aromatic carbocycles. The average Bonchev–Trinajstić information content (AvgIpc) is 2.97. The first-order valence-electron chi connectivity index (χ1n) is 7.17. The summed E-state index contributed by atoms with van der Waals surface area (Å²) in [7, 11) is 1.70. The Morgan fingerprint density at radius 1 is 1.18 bits per heavy atom. The van der Waals surface area contributed by atoms with E-state index in [1.54, 1.807) is 37.3 Å². The molecule has 22 heavy (non-hydrogen) atoms. The molecule has 0 N–H and O–H groups in total. The summed E-state index contributed by atoms with van der Waals surface area (Å²) >= 11 is 1.66. The Balaban J connectivity index is 1.64. The Morgan fingerprint density at radius 3 is 2.77 bits per heavy atom. The van der Waals surface area contributed by atoms with E-state index in [-0.39, 0.29) is 5.82 Å². The van der Waals surface area contributed by atoms with E-state index in [9.17, 15) is 4.39 Å². The predicted molar refractivity (Wildman–Crippen MR) is 83.8 cm³/mol. The fraction of sp³-hybridized carbons (Fsp3) is 0.467. The third-order valence-electron chi connectivity index (χ3n) is 2.93. The topological polar surface area (TPSA) is 49.2 Å². The Bertz CT molecular complexity index is 548. The third-order valence-corrected chi connectivity index (χ3v) is 4.00. The largest absolute Gasteiger partial charge is 0.494 e. The second-order valence-electron chi connectivity index (χ2n) is 4.66. The van der Waals surface area contributed by atoms with Gasteiger partial charge in [-0.25, -0.2) is 4.39 Å². The van der Waals surface area contributed by atoms with Gasteiger partial charge >= 0.3 is 0 Å². The number of halogens is 1. The number of nitrogens with zero attached hydrogens (tertiary/aromatic N) is 3. The first-order valence-corrected chi connectivity index (χ1v) is 8.16. The van der Waals surface area contributed by atoms with Crippen LogP contribution in [0.25, 0.3) is 0 Å². The van der Waals surface area contributed by atoms with Gasteiger partial charge in [0.2, 0.25) is 0 Å². The standard InChI is InChI=1S/C15H20FN3O2S/c1-20-9-2-8-19-12-17-18-15(19)22-11-3-10-21-14-6-4-13(16)5-7-14/h4-7,12H,2-3,8-11H2,1H3. The van der Waals surface area contributed by atoms with Crippen LogP contribution in [0, 0.1) is 5.82 Å². The molecule has 0 amide bonds. The molecular weight excluding hydrogens is 305 g/mol. The number of benzene rings is 1. The number of aryl methyl sites for hydroxylation is 1. The van der Waals surface area contributed by atoms with E-state index in [0.717, 1.165) is 36.9 Å². The van der Waals surface area contributed by atoms with Crippen molar-refractivity contribution in [2.45, 2.75) is 24.5 Å². The average molecular weight is 325 g/mol. The van der Waals surface area contributed by atoms with Gasteiger partial charge in [0.25, 0.3) is 0 Å². The number of rotatable bonds is 10. The number of thioether (sulfide) groups is 1. The molecule has 1 aromatic heterocycles. The lowest BCUT2D eigenvalue weighted by Gasteiger charge is -2.07. The predicted octanol–water partition coefficient (Wildman–Crippen LogP) is 3.01. The van der Waals surface area contributed by atoms with Crippen molar-refractivity contribution in [2.75, 3.05) is 26.1 Å². The summed E-state index contributed by atoms with van der Waals surface area (Å²) in [5.74, 6) is 1.33. The van der Waals surface area contributed by atoms with Crippen LogP contribution < -0.4 is 4.74 Å². The molecule has 0 saturated heterocycles. The van der Waals surface area contributed by atoms with Crippen molar-refractivity contribution in [1.82, 2.24) is 14.8 Å². The summed E-state index contributed by atoms with van der Waals surface area (Å²) in [6.07, 6.45) is 3.57. The number of hydrogen-bond donors (Lipinski definition) is 0. The normalized spacial score (nSPS) is 10.8. The number of methoxy groups -OCH3 is 1. The molecule has 0 spiro atoms. The third kappa shape index (κ3) is 5.65. The van der Waals surface area contributed by atoms with Gasteiger partial charge in [0.05, 0.1) is 6.61 Å². The molecule has 0 saturated carbocycles. The Hall–Kier alpha value is -1.60. The maximum Gasteiger partial charge on any atom is 0.190 e. The van der Waals surface area contributed by atoms with Gasteiger partial charge in [-0.05, 0) is 37.1 Å². The first kappa shape index (κ1) is 16.8. The quantitative estimate of drug-likeness (QED) is 0.496. The van der Waals surface area contributed by atoms with E-state index in [1.807, 2.05) is 4.57 Å². The van der Waals surface area contributed by atoms with E-state index >= 15 is 0 Å². The van der Waals surface area contributed by atoms with Gasteiger partial charge in [-0.1, -0.05) is 11.8 Å². The molecule has 0 unspecified atom stereocenters. The molecule has 0 aliphatic carbocycles. The Kier molecular flexibility index (Phi) is 7.18. The van der Waals surface area contributed by atoms with Crippen LogP contribution in [-0.4, -0.2) is 40.8 Å². The molecule has 0 radical (unpaired) electrons. The Morgan fingerprint density at radius 2 is 2.00 bits per heavy atom. The lowest BCUT2D eigenvalue weighted by atomic mass is 10.3. The molecule has 0 atom stereocenters. The van der Waals surface area contributed by atoms with Gasteiger partial charge < -0.3 is 14.0 Å². The van der Waals surface area contributed by atoms with Gasteiger partial charge in [-0.15, -0.1) is 10.2 Å². The van der Waals surface area contributed by atoms with Crippen molar-refractivity contribution < 1.29 is 13.9 Å². The van der Waals surface area contributed by atoms with E-state index < -0.39 is 0 Å². The highest BCUT2D eigenvalue weighted by Crippen LogP contribution is 2.17. The van der Waals surface area contributed by atoms with Gasteiger partial charge in [-0.3, -0.25) is 0 Å². The molecule has 7 heteroatoms. The molecule has 0 fully saturated rings. The summed E-state index contributed by atoms with van der Waals surface area (Å²) in [5, 5.41) is 8.97. The van der Waals surface area contributed by atoms with Crippen molar-refractivity contribution in [3.63, 3.8) is 0 Å². The molecule has 1 heterocycles. The van der Waals surface area contributed by atoms with Crippen molar-refractivity contribution in [3.05, 3.63) is 36.4 Å². The maximum atomic E-state index is 12.8. The fourth-order valence-corrected chi connectivity index (χ4v) is 2.69. The van der Waals surface area contributed by atoms with Crippen molar-refractivity contribution in [1.29, 1.82) is 0 Å². The molecule has 0 bridgehead atoms. The number of aromatic nitrogens is 3. The highest BCUT2D eigenvalue weighted by molar-refractivity contribution is 7.99. The molecule has 5 nitrogen and oxygen atoms in total. The minimum Gasteiger partial charge on any atom is -0.494 e. The van der Waals surface area contributed by atoms with Crippen molar-refractivity contribution in [2.24, 2.45) is 0 Å². The lowest BCUT2D eigenvalue weighted by molar-refractivity contribution is 0.189. The SMILES string of the molecule is COCCCn1cnnc1SCCCOc1ccc(F)cc1. The van der Waals surface area contributed by atoms with Crippen molar-refractivity contribution >= 4 is 11.8 Å². The van der Waals surface area contributed by atoms with Crippen LogP contribution in [0.4, 0.5) is 4.39 Å². The van der Waals surface area contributed by atoms with Crippen LogP contribution in [0.3, 0.4) is 0 Å². The van der Waals surface area contributed by atoms with E-state index in [4.69, 9.17) is 9.47 Å². The minimum absolute atomic E-state index is 0.254. The van der Waals surface area contributed by atoms with Gasteiger partial charge in [0, 0.05) is 26.0 Å². The lowest BCUT2D eigenvalue weighted by Crippen LogP contribution is -2.03. The zero-order valence-corrected chi connectivity index (χ0v) is 13.4. The van der Waals surface area contributed by atoms with Crippen LogP contribution in [0.2, 0.25) is 0 Å². The highest BCUT2D eigenvalue weighted by Gasteiger charge is 2.04. The number of hydrogen-bond acceptors (Lipinski definition) is 5. The Labute approximate surface area is 133 Å². The van der Waals surface area contributed by atoms with Gasteiger partial charge in [0.15, 0.2) is 5.16 Å². The molecule has 0 aliphatic heterocycles. The summed E-state index contributed by atoms with van der Waals surface area (Å²) in [5.41, 5.74) is 0. The van der Waals surface area contributed by atoms with Crippen LogP contribution in [0.5, 0.6) is 5.75 Å². The summed E-state index contributed by atoms with van der Waals surface area (Å²) in [6.45, 7) is 2.18. The highest BCUT2D eigenvalue weighted by atomic mass is 32.2. The zero-order valence-electron chi connectivity index (χ0n) is 12.6. The van der Waals surface area contributed by atoms with Crippen LogP contribution in [-0.2, 0) is 11.3 Å². The van der Waals surface area contributed by atoms with Gasteiger partial charge in [0.1, 0.15) is 17.9 Å². The van der Waals surface area contributed by atoms with Crippen LogP contribution >= 0.6 is 11.8 Å². The fourth-order valence-electron chi connectivity index (χ4n) is 1.83. The summed E-state index contributed by atoms with van der Waals surface area (Å²) in [4.78, 5) is 0. The van der Waals surface area contributed by atoms with Crippen LogP contribution in [0.15, 0.2) is 35.7 Å². The molecular formula is C15H20FN3O2S. The zero-order chi connectivity index (χ0) is 15.6. The molecule has 2 aromatic rings. The second kappa shape index (κ2) is 9.42. The van der Waals surface area contributed by atoms with E-state index in [2.05, 4.69) is 10.2 Å². The molecule has 0 aliphatic rings.